The summed E-state index contributed by atoms with van der Waals surface area (Å²) in [6, 6.07) is 8.74. The van der Waals surface area contributed by atoms with E-state index in [1.165, 1.54) is 11.3 Å². The Labute approximate surface area is 147 Å². The lowest BCUT2D eigenvalue weighted by atomic mass is 9.93. The van der Waals surface area contributed by atoms with Crippen LogP contribution in [0.2, 0.25) is 0 Å². The van der Waals surface area contributed by atoms with E-state index < -0.39 is 0 Å². The summed E-state index contributed by atoms with van der Waals surface area (Å²) >= 11 is 0. The van der Waals surface area contributed by atoms with E-state index in [2.05, 4.69) is 53.2 Å². The van der Waals surface area contributed by atoms with Crippen molar-refractivity contribution in [2.24, 2.45) is 5.92 Å². The summed E-state index contributed by atoms with van der Waals surface area (Å²) in [5, 5.41) is 3.18. The third kappa shape index (κ3) is 5.82. The van der Waals surface area contributed by atoms with Crippen LogP contribution in [-0.4, -0.2) is 50.6 Å². The molecule has 1 N–H and O–H groups in total. The lowest BCUT2D eigenvalue weighted by molar-refractivity contribution is -0.122. The number of nitrogens with one attached hydrogen (secondary N) is 1. The Morgan fingerprint density at radius 1 is 1.25 bits per heavy atom. The molecule has 1 aromatic rings. The smallest absolute Gasteiger partial charge is 0.220 e. The predicted octanol–water partition coefficient (Wildman–Crippen LogP) is 2.92. The van der Waals surface area contributed by atoms with E-state index in [4.69, 9.17) is 0 Å². The number of anilines is 1. The Morgan fingerprint density at radius 2 is 1.88 bits per heavy atom. The highest BCUT2D eigenvalue weighted by Gasteiger charge is 2.21. The number of carbonyl (C=O) groups is 1. The van der Waals surface area contributed by atoms with Gasteiger partial charge in [-0.2, -0.15) is 0 Å². The number of carbonyl (C=O) groups excluding carboxylic acids is 1. The largest absolute Gasteiger partial charge is 0.378 e. The summed E-state index contributed by atoms with van der Waals surface area (Å²) < 4.78 is 0. The van der Waals surface area contributed by atoms with Crippen LogP contribution in [0.5, 0.6) is 0 Å². The summed E-state index contributed by atoms with van der Waals surface area (Å²) in [5.41, 5.74) is 2.47. The molecule has 4 heteroatoms. The monoisotopic (exact) mass is 331 g/mol. The molecule has 0 aromatic heterocycles. The zero-order chi connectivity index (χ0) is 17.5. The third-order valence-corrected chi connectivity index (χ3v) is 5.03. The number of nitrogens with zero attached hydrogens (tertiary/aromatic N) is 2. The maximum atomic E-state index is 12.3. The molecule has 0 saturated carbocycles. The highest BCUT2D eigenvalue weighted by Crippen LogP contribution is 2.20. The van der Waals surface area contributed by atoms with Crippen molar-refractivity contribution in [1.82, 2.24) is 10.2 Å². The van der Waals surface area contributed by atoms with Gasteiger partial charge in [-0.1, -0.05) is 19.1 Å². The number of likely N-dealkylation sites (tertiary alicyclic amines) is 1. The van der Waals surface area contributed by atoms with Crippen LogP contribution in [-0.2, 0) is 11.2 Å². The molecule has 24 heavy (non-hydrogen) atoms. The van der Waals surface area contributed by atoms with Gasteiger partial charge in [0.05, 0.1) is 0 Å². The van der Waals surface area contributed by atoms with Crippen molar-refractivity contribution in [2.75, 3.05) is 38.6 Å². The van der Waals surface area contributed by atoms with Gasteiger partial charge in [0, 0.05) is 32.2 Å². The molecule has 0 unspecified atom stereocenters. The molecule has 0 radical (unpaired) electrons. The zero-order valence-corrected chi connectivity index (χ0v) is 15.7. The van der Waals surface area contributed by atoms with Crippen molar-refractivity contribution in [3.63, 3.8) is 0 Å². The van der Waals surface area contributed by atoms with Gasteiger partial charge in [0.2, 0.25) is 5.91 Å². The maximum Gasteiger partial charge on any atom is 0.220 e. The van der Waals surface area contributed by atoms with Crippen LogP contribution < -0.4 is 10.2 Å². The van der Waals surface area contributed by atoms with Gasteiger partial charge in [0.1, 0.15) is 0 Å². The van der Waals surface area contributed by atoms with Crippen molar-refractivity contribution in [1.29, 1.82) is 0 Å². The van der Waals surface area contributed by atoms with Crippen LogP contribution in [0.25, 0.3) is 0 Å². The molecule has 1 atom stereocenters. The van der Waals surface area contributed by atoms with Gasteiger partial charge in [-0.15, -0.1) is 0 Å². The van der Waals surface area contributed by atoms with Gasteiger partial charge >= 0.3 is 0 Å². The second-order valence-electron chi connectivity index (χ2n) is 7.32. The van der Waals surface area contributed by atoms with Crippen LogP contribution in [0.15, 0.2) is 24.3 Å². The number of amides is 1. The van der Waals surface area contributed by atoms with Crippen LogP contribution in [0, 0.1) is 5.92 Å². The molecule has 0 aliphatic carbocycles. The quantitative estimate of drug-likeness (QED) is 0.834. The molecule has 1 aromatic carbocycles. The number of hydrogen-bond donors (Lipinski definition) is 1. The van der Waals surface area contributed by atoms with E-state index in [-0.39, 0.29) is 11.9 Å². The standard InChI is InChI=1S/C20H33N3O/c1-5-23-12-10-18(11-13-23)15-20(24)21-16(2)14-17-6-8-19(9-7-17)22(3)4/h6-9,16,18H,5,10-15H2,1-4H3,(H,21,24)/t16-/m0/s1. The first kappa shape index (κ1) is 18.8. The highest BCUT2D eigenvalue weighted by atomic mass is 16.1. The van der Waals surface area contributed by atoms with E-state index >= 15 is 0 Å². The van der Waals surface area contributed by atoms with Crippen LogP contribution >= 0.6 is 0 Å². The summed E-state index contributed by atoms with van der Waals surface area (Å²) in [7, 11) is 4.09. The van der Waals surface area contributed by atoms with E-state index in [1.54, 1.807) is 0 Å². The molecule has 1 heterocycles. The predicted molar refractivity (Wildman–Crippen MR) is 102 cm³/mol. The van der Waals surface area contributed by atoms with E-state index in [0.29, 0.717) is 12.3 Å². The Kier molecular flexibility index (Phi) is 7.10. The Hall–Kier alpha value is -1.55. The lowest BCUT2D eigenvalue weighted by Crippen LogP contribution is -2.38. The average molecular weight is 332 g/mol. The van der Waals surface area contributed by atoms with Crippen LogP contribution in [0.3, 0.4) is 0 Å². The summed E-state index contributed by atoms with van der Waals surface area (Å²) in [5.74, 6) is 0.765. The van der Waals surface area contributed by atoms with Crippen molar-refractivity contribution in [3.05, 3.63) is 29.8 Å². The second kappa shape index (κ2) is 9.07. The molecule has 1 aliphatic rings. The molecule has 1 saturated heterocycles. The van der Waals surface area contributed by atoms with Crippen molar-refractivity contribution in [3.8, 4) is 0 Å². The van der Waals surface area contributed by atoms with E-state index in [0.717, 1.165) is 38.9 Å². The molecule has 0 spiro atoms. The average Bonchev–Trinajstić information content (AvgIpc) is 2.55. The van der Waals surface area contributed by atoms with Crippen LogP contribution in [0.1, 0.15) is 38.7 Å². The Morgan fingerprint density at radius 3 is 2.42 bits per heavy atom. The molecule has 2 rings (SSSR count). The first-order valence-electron chi connectivity index (χ1n) is 9.26. The number of benzene rings is 1. The first-order chi connectivity index (χ1) is 11.5. The minimum atomic E-state index is 0.179. The van der Waals surface area contributed by atoms with Gasteiger partial charge in [0.25, 0.3) is 0 Å². The first-order valence-corrected chi connectivity index (χ1v) is 9.26. The fourth-order valence-electron chi connectivity index (χ4n) is 3.44. The zero-order valence-electron chi connectivity index (χ0n) is 15.7. The van der Waals surface area contributed by atoms with Crippen molar-refractivity contribution in [2.45, 2.75) is 45.6 Å². The molecule has 1 amide bonds. The second-order valence-corrected chi connectivity index (χ2v) is 7.32. The molecule has 4 nitrogen and oxygen atoms in total. The minimum Gasteiger partial charge on any atom is -0.378 e. The molecule has 134 valence electrons. The minimum absolute atomic E-state index is 0.179. The summed E-state index contributed by atoms with van der Waals surface area (Å²) in [6.45, 7) is 7.71. The number of hydrogen-bond acceptors (Lipinski definition) is 3. The normalized spacial score (nSPS) is 17.5. The van der Waals surface area contributed by atoms with Crippen LogP contribution in [0.4, 0.5) is 5.69 Å². The molecule has 1 fully saturated rings. The van der Waals surface area contributed by atoms with Gasteiger partial charge in [-0.05, 0) is 69.4 Å². The molecular formula is C20H33N3O. The van der Waals surface area contributed by atoms with Crippen molar-refractivity contribution < 1.29 is 4.79 Å². The van der Waals surface area contributed by atoms with E-state index in [9.17, 15) is 4.79 Å². The SMILES string of the molecule is CCN1CCC(CC(=O)N[C@@H](C)Cc2ccc(N(C)C)cc2)CC1. The third-order valence-electron chi connectivity index (χ3n) is 5.03. The van der Waals surface area contributed by atoms with Gasteiger partial charge in [-0.3, -0.25) is 4.79 Å². The van der Waals surface area contributed by atoms with E-state index in [1.807, 2.05) is 14.1 Å². The Bertz CT molecular complexity index is 504. The molecule has 0 bridgehead atoms. The van der Waals surface area contributed by atoms with Gasteiger partial charge < -0.3 is 15.1 Å². The highest BCUT2D eigenvalue weighted by molar-refractivity contribution is 5.76. The van der Waals surface area contributed by atoms with Crippen molar-refractivity contribution >= 4 is 11.6 Å². The maximum absolute atomic E-state index is 12.3. The fraction of sp³-hybridized carbons (Fsp3) is 0.650. The summed E-state index contributed by atoms with van der Waals surface area (Å²) in [6.07, 6.45) is 3.87. The number of rotatable bonds is 7. The topological polar surface area (TPSA) is 35.6 Å². The molecule has 1 aliphatic heterocycles. The number of piperidine rings is 1. The summed E-state index contributed by atoms with van der Waals surface area (Å²) in [4.78, 5) is 16.8. The Balaban J connectivity index is 1.73. The lowest BCUT2D eigenvalue weighted by Gasteiger charge is -2.30. The fourth-order valence-corrected chi connectivity index (χ4v) is 3.44. The van der Waals surface area contributed by atoms with Gasteiger partial charge in [-0.25, -0.2) is 0 Å². The molecular weight excluding hydrogens is 298 g/mol. The van der Waals surface area contributed by atoms with Gasteiger partial charge in [0.15, 0.2) is 0 Å².